The second-order valence-electron chi connectivity index (χ2n) is 11.4. The molecule has 0 spiro atoms. The van der Waals surface area contributed by atoms with Crippen molar-refractivity contribution in [3.05, 3.63) is 165 Å². The van der Waals surface area contributed by atoms with E-state index in [0.29, 0.717) is 0 Å². The van der Waals surface area contributed by atoms with Crippen molar-refractivity contribution in [2.24, 2.45) is 0 Å². The summed E-state index contributed by atoms with van der Waals surface area (Å²) in [6, 6.07) is 41.7. The molecule has 208 valence electrons. The van der Waals surface area contributed by atoms with Gasteiger partial charge in [0.1, 0.15) is 0 Å². The Balaban J connectivity index is 1.25. The molecule has 0 fully saturated rings. The summed E-state index contributed by atoms with van der Waals surface area (Å²) in [5.41, 5.74) is 25.6. The Morgan fingerprint density at radius 3 is 1.20 bits per heavy atom. The highest BCUT2D eigenvalue weighted by Crippen LogP contribution is 2.23. The van der Waals surface area contributed by atoms with Crippen molar-refractivity contribution < 1.29 is 0 Å². The maximum Gasteiger partial charge on any atom is 0.0314 e. The predicted molar refractivity (Wildman–Crippen MR) is 175 cm³/mol. The van der Waals surface area contributed by atoms with Gasteiger partial charge in [-0.25, -0.2) is 0 Å². The number of rotatable bonds is 12. The Bertz CT molecular complexity index is 1510. The van der Waals surface area contributed by atoms with E-state index in [9.17, 15) is 0 Å². The van der Waals surface area contributed by atoms with E-state index in [1.807, 2.05) is 24.3 Å². The standard InChI is InChI=1S/C39H42N2/c1-2-3-4-5-36-28-35(26-31-8-6-29(7-9-31)24-32-15-20-38(40)21-16-32)14-19-37(36)27-34-12-10-30(11-13-34)25-33-17-22-39(41)23-18-33/h6-23,28H,2-5,24-27,40-41H2,1H3. The molecule has 41 heavy (non-hydrogen) atoms. The van der Waals surface area contributed by atoms with Gasteiger partial charge in [0.15, 0.2) is 0 Å². The van der Waals surface area contributed by atoms with Crippen LogP contribution in [0.4, 0.5) is 11.4 Å². The molecule has 5 rings (SSSR count). The number of hydrogen-bond donors (Lipinski definition) is 2. The van der Waals surface area contributed by atoms with Crippen LogP contribution in [0.5, 0.6) is 0 Å². The highest BCUT2D eigenvalue weighted by molar-refractivity contribution is 5.43. The molecule has 4 N–H and O–H groups in total. The number of nitrogens with two attached hydrogens (primary N) is 2. The van der Waals surface area contributed by atoms with Crippen molar-refractivity contribution in [1.82, 2.24) is 0 Å². The number of benzene rings is 5. The fourth-order valence-corrected chi connectivity index (χ4v) is 5.51. The first kappa shape index (κ1) is 28.2. The van der Waals surface area contributed by atoms with E-state index in [2.05, 4.69) is 97.9 Å². The fourth-order valence-electron chi connectivity index (χ4n) is 5.51. The van der Waals surface area contributed by atoms with Gasteiger partial charge in [-0.1, -0.05) is 111 Å². The van der Waals surface area contributed by atoms with E-state index in [-0.39, 0.29) is 0 Å². The predicted octanol–water partition coefficient (Wildman–Crippen LogP) is 8.95. The lowest BCUT2D eigenvalue weighted by atomic mass is 9.92. The van der Waals surface area contributed by atoms with Gasteiger partial charge in [0.05, 0.1) is 0 Å². The van der Waals surface area contributed by atoms with Crippen LogP contribution in [0.2, 0.25) is 0 Å². The molecule has 0 saturated carbocycles. The molecule has 0 radical (unpaired) electrons. The molecule has 0 aliphatic carbocycles. The van der Waals surface area contributed by atoms with E-state index in [0.717, 1.165) is 43.5 Å². The van der Waals surface area contributed by atoms with Crippen molar-refractivity contribution in [1.29, 1.82) is 0 Å². The Kier molecular flexibility index (Phi) is 9.54. The quantitative estimate of drug-likeness (QED) is 0.123. The van der Waals surface area contributed by atoms with Crippen molar-refractivity contribution in [2.45, 2.75) is 58.3 Å². The Labute approximate surface area is 246 Å². The number of aryl methyl sites for hydroxylation is 1. The minimum atomic E-state index is 0.813. The van der Waals surface area contributed by atoms with Crippen molar-refractivity contribution in [3.63, 3.8) is 0 Å². The summed E-state index contributed by atoms with van der Waals surface area (Å²) in [6.45, 7) is 2.28. The van der Waals surface area contributed by atoms with Crippen LogP contribution in [-0.2, 0) is 32.1 Å². The first-order valence-corrected chi connectivity index (χ1v) is 15.0. The molecule has 0 heterocycles. The third kappa shape index (κ3) is 8.35. The lowest BCUT2D eigenvalue weighted by molar-refractivity contribution is 0.713. The summed E-state index contributed by atoms with van der Waals surface area (Å²) in [5, 5.41) is 0. The fraction of sp³-hybridized carbons (Fsp3) is 0.231. The second-order valence-corrected chi connectivity index (χ2v) is 11.4. The van der Waals surface area contributed by atoms with Crippen molar-refractivity contribution in [2.75, 3.05) is 11.5 Å². The van der Waals surface area contributed by atoms with Gasteiger partial charge < -0.3 is 11.5 Å². The summed E-state index contributed by atoms with van der Waals surface area (Å²) in [4.78, 5) is 0. The van der Waals surface area contributed by atoms with E-state index < -0.39 is 0 Å². The molecule has 0 aliphatic rings. The van der Waals surface area contributed by atoms with E-state index in [1.54, 1.807) is 0 Å². The van der Waals surface area contributed by atoms with Gasteiger partial charge in [0.25, 0.3) is 0 Å². The van der Waals surface area contributed by atoms with Crippen molar-refractivity contribution in [3.8, 4) is 0 Å². The van der Waals surface area contributed by atoms with Crippen LogP contribution in [-0.4, -0.2) is 0 Å². The van der Waals surface area contributed by atoms with Crippen LogP contribution in [0.3, 0.4) is 0 Å². The largest absolute Gasteiger partial charge is 0.399 e. The third-order valence-corrected chi connectivity index (χ3v) is 7.95. The zero-order chi connectivity index (χ0) is 28.4. The van der Waals surface area contributed by atoms with E-state index >= 15 is 0 Å². The van der Waals surface area contributed by atoms with Crippen LogP contribution in [0.25, 0.3) is 0 Å². The first-order chi connectivity index (χ1) is 20.0. The molecule has 5 aromatic rings. The summed E-state index contributed by atoms with van der Waals surface area (Å²) in [6.07, 6.45) is 8.71. The van der Waals surface area contributed by atoms with Gasteiger partial charge in [-0.05, 0) is 113 Å². The summed E-state index contributed by atoms with van der Waals surface area (Å²) >= 11 is 0. The summed E-state index contributed by atoms with van der Waals surface area (Å²) in [5.74, 6) is 0. The highest BCUT2D eigenvalue weighted by Gasteiger charge is 2.08. The van der Waals surface area contributed by atoms with Gasteiger partial charge in [-0.3, -0.25) is 0 Å². The molecule has 0 atom stereocenters. The molecule has 0 amide bonds. The van der Waals surface area contributed by atoms with Gasteiger partial charge in [0, 0.05) is 11.4 Å². The number of unbranched alkanes of at least 4 members (excludes halogenated alkanes) is 2. The monoisotopic (exact) mass is 538 g/mol. The zero-order valence-electron chi connectivity index (χ0n) is 24.3. The maximum absolute atomic E-state index is 5.84. The van der Waals surface area contributed by atoms with Gasteiger partial charge in [-0.15, -0.1) is 0 Å². The molecule has 0 unspecified atom stereocenters. The summed E-state index contributed by atoms with van der Waals surface area (Å²) < 4.78 is 0. The molecule has 2 heteroatoms. The SMILES string of the molecule is CCCCCc1cc(Cc2ccc(Cc3ccc(N)cc3)cc2)ccc1Cc1ccc(Cc2ccc(N)cc2)cc1. The minimum Gasteiger partial charge on any atom is -0.399 e. The molecular formula is C39H42N2. The Morgan fingerprint density at radius 2 is 0.756 bits per heavy atom. The second kappa shape index (κ2) is 13.9. The smallest absolute Gasteiger partial charge is 0.0314 e. The molecule has 0 aromatic heterocycles. The highest BCUT2D eigenvalue weighted by atomic mass is 14.5. The van der Waals surface area contributed by atoms with E-state index in [4.69, 9.17) is 11.5 Å². The molecule has 0 bridgehead atoms. The molecular weight excluding hydrogens is 496 g/mol. The van der Waals surface area contributed by atoms with Crippen LogP contribution < -0.4 is 11.5 Å². The average Bonchev–Trinajstić information content (AvgIpc) is 2.99. The topological polar surface area (TPSA) is 52.0 Å². The van der Waals surface area contributed by atoms with E-state index in [1.165, 1.54) is 69.3 Å². The normalized spacial score (nSPS) is 11.0. The lowest BCUT2D eigenvalue weighted by Crippen LogP contribution is -2.00. The van der Waals surface area contributed by atoms with Crippen LogP contribution in [0.1, 0.15) is 76.3 Å². The molecule has 5 aromatic carbocycles. The molecule has 2 nitrogen and oxygen atoms in total. The number of anilines is 2. The van der Waals surface area contributed by atoms with Crippen LogP contribution in [0.15, 0.2) is 115 Å². The molecule has 0 aliphatic heterocycles. The Hall–Kier alpha value is -4.30. The lowest BCUT2D eigenvalue weighted by Gasteiger charge is -2.13. The first-order valence-electron chi connectivity index (χ1n) is 15.0. The number of nitrogen functional groups attached to an aromatic ring is 2. The van der Waals surface area contributed by atoms with Crippen LogP contribution >= 0.6 is 0 Å². The third-order valence-electron chi connectivity index (χ3n) is 7.95. The van der Waals surface area contributed by atoms with Gasteiger partial charge >= 0.3 is 0 Å². The maximum atomic E-state index is 5.84. The average molecular weight is 539 g/mol. The van der Waals surface area contributed by atoms with Crippen LogP contribution in [0, 0.1) is 0 Å². The number of hydrogen-bond acceptors (Lipinski definition) is 2. The van der Waals surface area contributed by atoms with Gasteiger partial charge in [0.2, 0.25) is 0 Å². The summed E-state index contributed by atoms with van der Waals surface area (Å²) in [7, 11) is 0. The van der Waals surface area contributed by atoms with Gasteiger partial charge in [-0.2, -0.15) is 0 Å². The van der Waals surface area contributed by atoms with Crippen molar-refractivity contribution >= 4 is 11.4 Å². The zero-order valence-corrected chi connectivity index (χ0v) is 24.3. The minimum absolute atomic E-state index is 0.813. The molecule has 0 saturated heterocycles. The Morgan fingerprint density at radius 1 is 0.390 bits per heavy atom.